The molecule has 0 aliphatic carbocycles. The maximum absolute atomic E-state index is 12.4. The van der Waals surface area contributed by atoms with E-state index in [1.54, 1.807) is 17.0 Å². The Hall–Kier alpha value is -2.97. The van der Waals surface area contributed by atoms with E-state index in [4.69, 9.17) is 14.2 Å². The van der Waals surface area contributed by atoms with Crippen LogP contribution in [0, 0.1) is 5.92 Å². The summed E-state index contributed by atoms with van der Waals surface area (Å²) in [5, 5.41) is 2.91. The van der Waals surface area contributed by atoms with Crippen LogP contribution in [0.2, 0.25) is 0 Å². The van der Waals surface area contributed by atoms with Gasteiger partial charge in [0.1, 0.15) is 26.4 Å². The van der Waals surface area contributed by atoms with E-state index >= 15 is 0 Å². The average Bonchev–Trinajstić information content (AvgIpc) is 3.17. The van der Waals surface area contributed by atoms with Crippen molar-refractivity contribution in [2.24, 2.45) is 5.92 Å². The van der Waals surface area contributed by atoms with Gasteiger partial charge in [-0.1, -0.05) is 0 Å². The van der Waals surface area contributed by atoms with Crippen molar-refractivity contribution in [2.45, 2.75) is 25.7 Å². The molecule has 0 unspecified atom stereocenters. The van der Waals surface area contributed by atoms with Crippen molar-refractivity contribution in [1.29, 1.82) is 0 Å². The number of piperidine rings is 1. The number of likely N-dealkylation sites (tertiary alicyclic amines) is 1. The van der Waals surface area contributed by atoms with Crippen LogP contribution in [0.25, 0.3) is 0 Å². The fraction of sp³-hybridized carbons (Fsp3) is 0.571. The third-order valence-corrected chi connectivity index (χ3v) is 5.74. The molecule has 0 radical (unpaired) electrons. The fourth-order valence-electron chi connectivity index (χ4n) is 3.98. The molecule has 2 saturated heterocycles. The highest BCUT2D eigenvalue weighted by atomic mass is 16.6. The largest absolute Gasteiger partial charge is 0.486 e. The van der Waals surface area contributed by atoms with Crippen LogP contribution in [0.5, 0.6) is 11.5 Å². The summed E-state index contributed by atoms with van der Waals surface area (Å²) in [5.74, 6) is 1.69. The third kappa shape index (κ3) is 4.95. The van der Waals surface area contributed by atoms with Crippen LogP contribution in [0.4, 0.5) is 10.5 Å². The number of carbonyl (C=O) groups is 3. The molecule has 1 N–H and O–H groups in total. The summed E-state index contributed by atoms with van der Waals surface area (Å²) in [6, 6.07) is 5.40. The predicted octanol–water partition coefficient (Wildman–Crippen LogP) is 1.87. The molecule has 2 fully saturated rings. The summed E-state index contributed by atoms with van der Waals surface area (Å²) in [6.07, 6.45) is 2.55. The lowest BCUT2D eigenvalue weighted by Crippen LogP contribution is -2.44. The number of amides is 3. The van der Waals surface area contributed by atoms with Crippen LogP contribution in [0.3, 0.4) is 0 Å². The molecule has 3 amide bonds. The Bertz CT molecular complexity index is 806. The van der Waals surface area contributed by atoms with Crippen LogP contribution in [0.15, 0.2) is 18.2 Å². The third-order valence-electron chi connectivity index (χ3n) is 5.74. The van der Waals surface area contributed by atoms with Crippen molar-refractivity contribution in [2.75, 3.05) is 51.3 Å². The van der Waals surface area contributed by atoms with Gasteiger partial charge in [0, 0.05) is 31.3 Å². The molecule has 1 aromatic carbocycles. The minimum absolute atomic E-state index is 0.0299. The second kappa shape index (κ2) is 9.23. The topological polar surface area (TPSA) is 97.4 Å². The number of cyclic esters (lactones) is 1. The highest BCUT2D eigenvalue weighted by Crippen LogP contribution is 2.32. The lowest BCUT2D eigenvalue weighted by Gasteiger charge is -2.32. The number of fused-ring (bicyclic) bond motifs is 1. The number of ether oxygens (including phenoxy) is 3. The number of anilines is 1. The van der Waals surface area contributed by atoms with Crippen LogP contribution in [-0.4, -0.2) is 73.7 Å². The van der Waals surface area contributed by atoms with Crippen molar-refractivity contribution in [3.05, 3.63) is 18.2 Å². The Balaban J connectivity index is 1.17. The van der Waals surface area contributed by atoms with Crippen molar-refractivity contribution in [3.8, 4) is 11.5 Å². The highest BCUT2D eigenvalue weighted by molar-refractivity contribution is 5.91. The molecule has 4 rings (SSSR count). The number of rotatable bonds is 6. The molecule has 0 saturated carbocycles. The Kier molecular flexibility index (Phi) is 6.25. The molecule has 3 aliphatic heterocycles. The molecular weight excluding hydrogens is 390 g/mol. The number of nitrogens with zero attached hydrogens (tertiary/aromatic N) is 2. The van der Waals surface area contributed by atoms with Crippen molar-refractivity contribution in [3.63, 3.8) is 0 Å². The molecule has 162 valence electrons. The number of nitrogens with one attached hydrogen (secondary N) is 1. The summed E-state index contributed by atoms with van der Waals surface area (Å²) in [4.78, 5) is 39.4. The van der Waals surface area contributed by atoms with E-state index in [0.29, 0.717) is 69.0 Å². The van der Waals surface area contributed by atoms with E-state index in [-0.39, 0.29) is 18.4 Å². The summed E-state index contributed by atoms with van der Waals surface area (Å²) >= 11 is 0. The quantitative estimate of drug-likeness (QED) is 0.759. The van der Waals surface area contributed by atoms with Crippen molar-refractivity contribution < 1.29 is 28.6 Å². The monoisotopic (exact) mass is 417 g/mol. The van der Waals surface area contributed by atoms with Gasteiger partial charge >= 0.3 is 6.09 Å². The molecular formula is C21H27N3O6. The first-order chi connectivity index (χ1) is 14.6. The van der Waals surface area contributed by atoms with Crippen LogP contribution in [0.1, 0.15) is 25.7 Å². The molecule has 1 aromatic rings. The highest BCUT2D eigenvalue weighted by Gasteiger charge is 2.28. The van der Waals surface area contributed by atoms with E-state index < -0.39 is 6.09 Å². The summed E-state index contributed by atoms with van der Waals surface area (Å²) < 4.78 is 15.9. The van der Waals surface area contributed by atoms with Gasteiger partial charge in [0.2, 0.25) is 11.8 Å². The van der Waals surface area contributed by atoms with Gasteiger partial charge in [0.15, 0.2) is 11.5 Å². The van der Waals surface area contributed by atoms with E-state index in [1.807, 2.05) is 6.07 Å². The van der Waals surface area contributed by atoms with E-state index in [1.165, 1.54) is 4.90 Å². The second-order valence-corrected chi connectivity index (χ2v) is 7.81. The van der Waals surface area contributed by atoms with Crippen LogP contribution in [-0.2, 0) is 14.3 Å². The Labute approximate surface area is 175 Å². The molecule has 30 heavy (non-hydrogen) atoms. The first-order valence-corrected chi connectivity index (χ1v) is 10.5. The van der Waals surface area contributed by atoms with Gasteiger partial charge in [-0.25, -0.2) is 4.79 Å². The van der Waals surface area contributed by atoms with Gasteiger partial charge in [-0.05, 0) is 37.3 Å². The van der Waals surface area contributed by atoms with Gasteiger partial charge in [-0.3, -0.25) is 14.5 Å². The molecule has 0 spiro atoms. The SMILES string of the molecule is O=C(CCC1CCN(C(=O)CN2CCOC2=O)CC1)Nc1ccc2c(c1)OCCO2. The standard InChI is InChI=1S/C21H27N3O6/c25-19(22-16-2-3-17-18(13-16)29-12-11-28-17)4-1-15-5-7-23(8-6-15)20(26)14-24-9-10-30-21(24)27/h2-3,13,15H,1,4-12,14H2,(H,22,25). The lowest BCUT2D eigenvalue weighted by molar-refractivity contribution is -0.133. The van der Waals surface area contributed by atoms with Gasteiger partial charge in [0.25, 0.3) is 0 Å². The first kappa shape index (κ1) is 20.3. The van der Waals surface area contributed by atoms with Crippen molar-refractivity contribution in [1.82, 2.24) is 9.80 Å². The van der Waals surface area contributed by atoms with E-state index in [2.05, 4.69) is 5.32 Å². The predicted molar refractivity (Wildman–Crippen MR) is 108 cm³/mol. The normalized spacial score (nSPS) is 18.9. The fourth-order valence-corrected chi connectivity index (χ4v) is 3.98. The van der Waals surface area contributed by atoms with Crippen LogP contribution < -0.4 is 14.8 Å². The summed E-state index contributed by atoms with van der Waals surface area (Å²) in [6.45, 7) is 3.28. The van der Waals surface area contributed by atoms with Gasteiger partial charge in [0.05, 0.1) is 6.54 Å². The van der Waals surface area contributed by atoms with Gasteiger partial charge < -0.3 is 24.4 Å². The number of carbonyl (C=O) groups excluding carboxylic acids is 3. The zero-order valence-electron chi connectivity index (χ0n) is 16.9. The zero-order valence-corrected chi connectivity index (χ0v) is 16.9. The maximum Gasteiger partial charge on any atom is 0.410 e. The Morgan fingerprint density at radius 2 is 1.77 bits per heavy atom. The summed E-state index contributed by atoms with van der Waals surface area (Å²) in [5.41, 5.74) is 0.699. The molecule has 3 heterocycles. The molecule has 0 aromatic heterocycles. The average molecular weight is 417 g/mol. The van der Waals surface area contributed by atoms with Gasteiger partial charge in [-0.2, -0.15) is 0 Å². The Morgan fingerprint density at radius 1 is 1.00 bits per heavy atom. The lowest BCUT2D eigenvalue weighted by atomic mass is 9.92. The molecule has 9 heteroatoms. The first-order valence-electron chi connectivity index (χ1n) is 10.5. The second-order valence-electron chi connectivity index (χ2n) is 7.81. The number of benzene rings is 1. The molecule has 0 bridgehead atoms. The molecule has 0 atom stereocenters. The zero-order chi connectivity index (χ0) is 20.9. The van der Waals surface area contributed by atoms with E-state index in [0.717, 1.165) is 19.3 Å². The van der Waals surface area contributed by atoms with Gasteiger partial charge in [-0.15, -0.1) is 0 Å². The molecule has 9 nitrogen and oxygen atoms in total. The smallest absolute Gasteiger partial charge is 0.410 e. The number of hydrogen-bond acceptors (Lipinski definition) is 6. The minimum Gasteiger partial charge on any atom is -0.486 e. The summed E-state index contributed by atoms with van der Waals surface area (Å²) in [7, 11) is 0. The van der Waals surface area contributed by atoms with Crippen molar-refractivity contribution >= 4 is 23.6 Å². The minimum atomic E-state index is -0.415. The van der Waals surface area contributed by atoms with E-state index in [9.17, 15) is 14.4 Å². The Morgan fingerprint density at radius 3 is 2.50 bits per heavy atom. The number of hydrogen-bond donors (Lipinski definition) is 1. The van der Waals surface area contributed by atoms with Crippen LogP contribution >= 0.6 is 0 Å². The maximum atomic E-state index is 12.4. The molecule has 3 aliphatic rings.